The molecule has 1 saturated carbocycles. The zero-order valence-corrected chi connectivity index (χ0v) is 13.2. The monoisotopic (exact) mass is 326 g/mol. The Morgan fingerprint density at radius 1 is 1.17 bits per heavy atom. The summed E-state index contributed by atoms with van der Waals surface area (Å²) in [7, 11) is 0. The normalized spacial score (nSPS) is 21.3. The molecule has 2 atom stereocenters. The molecule has 2 unspecified atom stereocenters. The van der Waals surface area contributed by atoms with Crippen LogP contribution in [0.15, 0.2) is 48.5 Å². The molecule has 4 nitrogen and oxygen atoms in total. The Kier molecular flexibility index (Phi) is 3.84. The van der Waals surface area contributed by atoms with Crippen molar-refractivity contribution in [3.63, 3.8) is 0 Å². The molecule has 0 aromatic heterocycles. The minimum atomic E-state index is -0.589. The van der Waals surface area contributed by atoms with E-state index in [1.54, 1.807) is 12.1 Å². The molecule has 2 fully saturated rings. The molecule has 2 aromatic carbocycles. The van der Waals surface area contributed by atoms with Gasteiger partial charge in [-0.3, -0.25) is 5.32 Å². The van der Waals surface area contributed by atoms with Gasteiger partial charge in [0.25, 0.3) is 0 Å². The first kappa shape index (κ1) is 15.0. The molecule has 24 heavy (non-hydrogen) atoms. The largest absolute Gasteiger partial charge is 0.444 e. The van der Waals surface area contributed by atoms with Crippen LogP contribution in [0.3, 0.4) is 0 Å². The van der Waals surface area contributed by atoms with E-state index in [1.807, 2.05) is 30.3 Å². The lowest BCUT2D eigenvalue weighted by Gasteiger charge is -2.21. The second-order valence-electron chi connectivity index (χ2n) is 6.51. The molecule has 1 aliphatic heterocycles. The van der Waals surface area contributed by atoms with Gasteiger partial charge in [-0.1, -0.05) is 30.3 Å². The van der Waals surface area contributed by atoms with E-state index in [4.69, 9.17) is 4.74 Å². The van der Waals surface area contributed by atoms with E-state index < -0.39 is 6.09 Å². The van der Waals surface area contributed by atoms with Crippen LogP contribution in [-0.4, -0.2) is 19.2 Å². The fourth-order valence-corrected chi connectivity index (χ4v) is 3.31. The summed E-state index contributed by atoms with van der Waals surface area (Å²) in [5.74, 6) is 1.18. The summed E-state index contributed by atoms with van der Waals surface area (Å²) in [5.41, 5.74) is 1.92. The van der Waals surface area contributed by atoms with Gasteiger partial charge in [-0.15, -0.1) is 0 Å². The van der Waals surface area contributed by atoms with Gasteiger partial charge in [-0.05, 0) is 42.0 Å². The zero-order chi connectivity index (χ0) is 16.5. The lowest BCUT2D eigenvalue weighted by atomic mass is 10.2. The van der Waals surface area contributed by atoms with Crippen LogP contribution in [0.25, 0.3) is 0 Å². The molecule has 1 N–H and O–H groups in total. The Balaban J connectivity index is 1.34. The first-order chi connectivity index (χ1) is 11.7. The molecule has 4 rings (SSSR count). The van der Waals surface area contributed by atoms with Crippen molar-refractivity contribution in [2.45, 2.75) is 13.0 Å². The SMILES string of the molecule is O=C(Nc1ccc(N2CC3CC3C2)c(F)c1)OCc1ccccc1. The maximum atomic E-state index is 14.3. The Morgan fingerprint density at radius 2 is 1.92 bits per heavy atom. The number of carbonyl (C=O) groups excluding carboxylic acids is 1. The molecule has 5 heteroatoms. The van der Waals surface area contributed by atoms with Gasteiger partial charge in [0.05, 0.1) is 5.69 Å². The Labute approximate surface area is 140 Å². The van der Waals surface area contributed by atoms with E-state index in [9.17, 15) is 9.18 Å². The fourth-order valence-electron chi connectivity index (χ4n) is 3.31. The number of piperidine rings is 1. The highest BCUT2D eigenvalue weighted by molar-refractivity contribution is 5.85. The van der Waals surface area contributed by atoms with Crippen LogP contribution in [-0.2, 0) is 11.3 Å². The number of nitrogens with zero attached hydrogens (tertiary/aromatic N) is 1. The van der Waals surface area contributed by atoms with Crippen molar-refractivity contribution >= 4 is 17.5 Å². The molecule has 1 saturated heterocycles. The topological polar surface area (TPSA) is 41.6 Å². The lowest BCUT2D eigenvalue weighted by molar-refractivity contribution is 0.155. The molecular weight excluding hydrogens is 307 g/mol. The molecule has 2 aliphatic rings. The van der Waals surface area contributed by atoms with E-state index in [0.717, 1.165) is 30.5 Å². The Morgan fingerprint density at radius 3 is 2.62 bits per heavy atom. The maximum absolute atomic E-state index is 14.3. The fraction of sp³-hybridized carbons (Fsp3) is 0.316. The van der Waals surface area contributed by atoms with Gasteiger partial charge >= 0.3 is 6.09 Å². The van der Waals surface area contributed by atoms with E-state index >= 15 is 0 Å². The summed E-state index contributed by atoms with van der Waals surface area (Å²) in [6.45, 7) is 2.06. The Bertz CT molecular complexity index is 740. The number of anilines is 2. The number of hydrogen-bond acceptors (Lipinski definition) is 3. The Hall–Kier alpha value is -2.56. The quantitative estimate of drug-likeness (QED) is 0.922. The smallest absolute Gasteiger partial charge is 0.411 e. The van der Waals surface area contributed by atoms with Gasteiger partial charge in [-0.2, -0.15) is 0 Å². The third kappa shape index (κ3) is 3.20. The van der Waals surface area contributed by atoms with Crippen molar-refractivity contribution in [3.8, 4) is 0 Å². The van der Waals surface area contributed by atoms with Crippen LogP contribution in [0.4, 0.5) is 20.6 Å². The summed E-state index contributed by atoms with van der Waals surface area (Å²) in [4.78, 5) is 13.9. The second kappa shape index (κ2) is 6.15. The zero-order valence-electron chi connectivity index (χ0n) is 13.2. The van der Waals surface area contributed by atoms with Gasteiger partial charge in [0, 0.05) is 18.8 Å². The highest BCUT2D eigenvalue weighted by Crippen LogP contribution is 2.46. The summed E-state index contributed by atoms with van der Waals surface area (Å²) in [6, 6.07) is 14.2. The van der Waals surface area contributed by atoms with Crippen molar-refractivity contribution in [2.75, 3.05) is 23.3 Å². The summed E-state index contributed by atoms with van der Waals surface area (Å²) >= 11 is 0. The highest BCUT2D eigenvalue weighted by atomic mass is 19.1. The maximum Gasteiger partial charge on any atom is 0.411 e. The number of carbonyl (C=O) groups is 1. The number of fused-ring (bicyclic) bond motifs is 1. The molecule has 1 amide bonds. The van der Waals surface area contributed by atoms with E-state index in [-0.39, 0.29) is 12.4 Å². The predicted octanol–water partition coefficient (Wildman–Crippen LogP) is 4.03. The summed E-state index contributed by atoms with van der Waals surface area (Å²) in [6.07, 6.45) is 0.693. The molecule has 0 radical (unpaired) electrons. The highest BCUT2D eigenvalue weighted by Gasteiger charge is 2.45. The minimum Gasteiger partial charge on any atom is -0.444 e. The third-order valence-electron chi connectivity index (χ3n) is 4.73. The summed E-state index contributed by atoms with van der Waals surface area (Å²) < 4.78 is 19.5. The molecule has 0 bridgehead atoms. The molecule has 2 aromatic rings. The molecule has 124 valence electrons. The number of halogens is 1. The number of ether oxygens (including phenoxy) is 1. The first-order valence-electron chi connectivity index (χ1n) is 8.21. The number of rotatable bonds is 4. The molecule has 1 heterocycles. The van der Waals surface area contributed by atoms with Gasteiger partial charge in [-0.25, -0.2) is 9.18 Å². The van der Waals surface area contributed by atoms with Crippen molar-refractivity contribution < 1.29 is 13.9 Å². The van der Waals surface area contributed by atoms with Gasteiger partial charge in [0.2, 0.25) is 0 Å². The van der Waals surface area contributed by atoms with Crippen LogP contribution in [0, 0.1) is 17.7 Å². The number of nitrogens with one attached hydrogen (secondary N) is 1. The average Bonchev–Trinajstić information content (AvgIpc) is 3.20. The molecule has 0 spiro atoms. The number of benzene rings is 2. The van der Waals surface area contributed by atoms with Crippen molar-refractivity contribution in [3.05, 3.63) is 59.9 Å². The third-order valence-corrected chi connectivity index (χ3v) is 4.73. The number of amides is 1. The molecule has 1 aliphatic carbocycles. The van der Waals surface area contributed by atoms with Crippen LogP contribution in [0.2, 0.25) is 0 Å². The average molecular weight is 326 g/mol. The standard InChI is InChI=1S/C19H19FN2O2/c20-17-9-16(6-7-18(17)22-10-14-8-15(14)11-22)21-19(23)24-12-13-4-2-1-3-5-13/h1-7,9,14-15H,8,10-12H2,(H,21,23). The van der Waals surface area contributed by atoms with Gasteiger partial charge < -0.3 is 9.64 Å². The van der Waals surface area contributed by atoms with Crippen molar-refractivity contribution in [1.29, 1.82) is 0 Å². The van der Waals surface area contributed by atoms with E-state index in [2.05, 4.69) is 10.2 Å². The van der Waals surface area contributed by atoms with Crippen molar-refractivity contribution in [2.24, 2.45) is 11.8 Å². The van der Waals surface area contributed by atoms with Crippen LogP contribution in [0.1, 0.15) is 12.0 Å². The number of hydrogen-bond donors (Lipinski definition) is 1. The second-order valence-corrected chi connectivity index (χ2v) is 6.51. The predicted molar refractivity (Wildman–Crippen MR) is 90.5 cm³/mol. The van der Waals surface area contributed by atoms with Crippen LogP contribution >= 0.6 is 0 Å². The van der Waals surface area contributed by atoms with E-state index in [1.165, 1.54) is 12.5 Å². The molecular formula is C19H19FN2O2. The van der Waals surface area contributed by atoms with Gasteiger partial charge in [0.1, 0.15) is 12.4 Å². The summed E-state index contributed by atoms with van der Waals surface area (Å²) in [5, 5.41) is 2.57. The van der Waals surface area contributed by atoms with Crippen LogP contribution in [0.5, 0.6) is 0 Å². The lowest BCUT2D eigenvalue weighted by Crippen LogP contribution is -2.23. The van der Waals surface area contributed by atoms with E-state index in [0.29, 0.717) is 11.4 Å². The first-order valence-corrected chi connectivity index (χ1v) is 8.21. The minimum absolute atomic E-state index is 0.184. The van der Waals surface area contributed by atoms with Crippen LogP contribution < -0.4 is 10.2 Å². The van der Waals surface area contributed by atoms with Crippen molar-refractivity contribution in [1.82, 2.24) is 0 Å². The van der Waals surface area contributed by atoms with Gasteiger partial charge in [0.15, 0.2) is 0 Å².